The van der Waals surface area contributed by atoms with Gasteiger partial charge in [0.1, 0.15) is 5.75 Å². The first kappa shape index (κ1) is 18.1. The zero-order valence-corrected chi connectivity index (χ0v) is 14.7. The third-order valence-electron chi connectivity index (χ3n) is 4.06. The van der Waals surface area contributed by atoms with Gasteiger partial charge in [-0.1, -0.05) is 31.2 Å². The Hall–Kier alpha value is -2.20. The average Bonchev–Trinajstić information content (AvgIpc) is 2.64. The van der Waals surface area contributed by atoms with Gasteiger partial charge in [-0.3, -0.25) is 0 Å². The Bertz CT molecular complexity index is 625. The fourth-order valence-corrected chi connectivity index (χ4v) is 2.76. The van der Waals surface area contributed by atoms with E-state index >= 15 is 0 Å². The number of benzene rings is 2. The fraction of sp³-hybridized carbons (Fsp3) is 0.400. The standard InChI is InChI=1S/C20H27NO3/c1-4-12-24-19-7-5-6-16(20(19)23-3)13-17(14-21)15-8-10-18(22-2)11-9-15/h5-11,17H,4,12-14,21H2,1-3H3. The van der Waals surface area contributed by atoms with Crippen LogP contribution in [0.3, 0.4) is 0 Å². The molecule has 0 bridgehead atoms. The van der Waals surface area contributed by atoms with Crippen LogP contribution in [-0.2, 0) is 6.42 Å². The van der Waals surface area contributed by atoms with Crippen molar-refractivity contribution in [3.8, 4) is 17.2 Å². The van der Waals surface area contributed by atoms with E-state index in [1.165, 1.54) is 5.56 Å². The highest BCUT2D eigenvalue weighted by Crippen LogP contribution is 2.34. The molecule has 4 heteroatoms. The molecule has 2 aromatic rings. The fourth-order valence-electron chi connectivity index (χ4n) is 2.76. The lowest BCUT2D eigenvalue weighted by Crippen LogP contribution is -2.15. The summed E-state index contributed by atoms with van der Waals surface area (Å²) in [6, 6.07) is 14.1. The largest absolute Gasteiger partial charge is 0.497 e. The van der Waals surface area contributed by atoms with Crippen LogP contribution in [0.25, 0.3) is 0 Å². The maximum atomic E-state index is 6.03. The molecule has 130 valence electrons. The molecular weight excluding hydrogens is 302 g/mol. The van der Waals surface area contributed by atoms with Crippen molar-refractivity contribution in [2.24, 2.45) is 5.73 Å². The Morgan fingerprint density at radius 1 is 1.00 bits per heavy atom. The molecule has 2 rings (SSSR count). The molecule has 0 saturated heterocycles. The van der Waals surface area contributed by atoms with E-state index in [0.29, 0.717) is 13.2 Å². The highest BCUT2D eigenvalue weighted by Gasteiger charge is 2.16. The van der Waals surface area contributed by atoms with Gasteiger partial charge in [0, 0.05) is 5.92 Å². The average molecular weight is 329 g/mol. The van der Waals surface area contributed by atoms with Crippen LogP contribution >= 0.6 is 0 Å². The van der Waals surface area contributed by atoms with Crippen molar-refractivity contribution in [2.45, 2.75) is 25.7 Å². The van der Waals surface area contributed by atoms with Gasteiger partial charge in [-0.2, -0.15) is 0 Å². The number of hydrogen-bond donors (Lipinski definition) is 1. The SMILES string of the molecule is CCCOc1cccc(CC(CN)c2ccc(OC)cc2)c1OC. The van der Waals surface area contributed by atoms with Crippen molar-refractivity contribution < 1.29 is 14.2 Å². The molecule has 24 heavy (non-hydrogen) atoms. The summed E-state index contributed by atoms with van der Waals surface area (Å²) in [5.41, 5.74) is 8.33. The first-order chi connectivity index (χ1) is 11.7. The van der Waals surface area contributed by atoms with Gasteiger partial charge >= 0.3 is 0 Å². The highest BCUT2D eigenvalue weighted by molar-refractivity contribution is 5.47. The second-order valence-corrected chi connectivity index (χ2v) is 5.71. The topological polar surface area (TPSA) is 53.7 Å². The van der Waals surface area contributed by atoms with Crippen molar-refractivity contribution in [1.82, 2.24) is 0 Å². The van der Waals surface area contributed by atoms with E-state index in [1.807, 2.05) is 24.3 Å². The number of nitrogens with two attached hydrogens (primary N) is 1. The Balaban J connectivity index is 2.23. The van der Waals surface area contributed by atoms with E-state index in [1.54, 1.807) is 14.2 Å². The molecule has 1 atom stereocenters. The van der Waals surface area contributed by atoms with Gasteiger partial charge in [0.25, 0.3) is 0 Å². The van der Waals surface area contributed by atoms with Gasteiger partial charge in [-0.05, 0) is 48.7 Å². The zero-order chi connectivity index (χ0) is 17.4. The molecule has 1 unspecified atom stereocenters. The van der Waals surface area contributed by atoms with E-state index in [9.17, 15) is 0 Å². The predicted molar refractivity (Wildman–Crippen MR) is 97.3 cm³/mol. The van der Waals surface area contributed by atoms with Crippen molar-refractivity contribution in [3.63, 3.8) is 0 Å². The summed E-state index contributed by atoms with van der Waals surface area (Å²) in [6.45, 7) is 3.33. The first-order valence-corrected chi connectivity index (χ1v) is 8.36. The molecule has 0 aliphatic rings. The summed E-state index contributed by atoms with van der Waals surface area (Å²) in [5.74, 6) is 2.66. The van der Waals surface area contributed by atoms with Crippen LogP contribution in [0.2, 0.25) is 0 Å². The normalized spacial score (nSPS) is 11.8. The van der Waals surface area contributed by atoms with Gasteiger partial charge in [-0.25, -0.2) is 0 Å². The van der Waals surface area contributed by atoms with Crippen LogP contribution in [0.1, 0.15) is 30.4 Å². The highest BCUT2D eigenvalue weighted by atomic mass is 16.5. The minimum absolute atomic E-state index is 0.214. The Kier molecular flexibility index (Phi) is 6.94. The maximum Gasteiger partial charge on any atom is 0.163 e. The Morgan fingerprint density at radius 2 is 1.75 bits per heavy atom. The molecular formula is C20H27NO3. The molecule has 0 aliphatic carbocycles. The summed E-state index contributed by atoms with van der Waals surface area (Å²) in [6.07, 6.45) is 1.76. The van der Waals surface area contributed by atoms with Gasteiger partial charge in [0.05, 0.1) is 20.8 Å². The van der Waals surface area contributed by atoms with E-state index in [4.69, 9.17) is 19.9 Å². The molecule has 0 spiro atoms. The lowest BCUT2D eigenvalue weighted by atomic mass is 9.91. The van der Waals surface area contributed by atoms with Crippen molar-refractivity contribution >= 4 is 0 Å². The van der Waals surface area contributed by atoms with Gasteiger partial charge in [0.15, 0.2) is 11.5 Å². The van der Waals surface area contributed by atoms with Crippen LogP contribution < -0.4 is 19.9 Å². The number of hydrogen-bond acceptors (Lipinski definition) is 4. The minimum Gasteiger partial charge on any atom is -0.497 e. The summed E-state index contributed by atoms with van der Waals surface area (Å²) in [5, 5.41) is 0. The van der Waals surface area contributed by atoms with E-state index in [0.717, 1.165) is 35.7 Å². The van der Waals surface area contributed by atoms with E-state index < -0.39 is 0 Å². The zero-order valence-electron chi connectivity index (χ0n) is 14.7. The van der Waals surface area contributed by atoms with Gasteiger partial charge in [0.2, 0.25) is 0 Å². The molecule has 0 heterocycles. The molecule has 4 nitrogen and oxygen atoms in total. The Labute approximate surface area is 144 Å². The monoisotopic (exact) mass is 329 g/mol. The minimum atomic E-state index is 0.214. The molecule has 0 amide bonds. The number of rotatable bonds is 9. The maximum absolute atomic E-state index is 6.03. The first-order valence-electron chi connectivity index (χ1n) is 8.36. The third-order valence-corrected chi connectivity index (χ3v) is 4.06. The lowest BCUT2D eigenvalue weighted by Gasteiger charge is -2.19. The van der Waals surface area contributed by atoms with Crippen LogP contribution in [0, 0.1) is 0 Å². The molecule has 0 saturated carbocycles. The van der Waals surface area contributed by atoms with Crippen molar-refractivity contribution in [1.29, 1.82) is 0 Å². The molecule has 0 aliphatic heterocycles. The summed E-state index contributed by atoms with van der Waals surface area (Å²) in [4.78, 5) is 0. The second-order valence-electron chi connectivity index (χ2n) is 5.71. The van der Waals surface area contributed by atoms with Crippen molar-refractivity contribution in [3.05, 3.63) is 53.6 Å². The van der Waals surface area contributed by atoms with Crippen LogP contribution in [0.4, 0.5) is 0 Å². The smallest absolute Gasteiger partial charge is 0.163 e. The predicted octanol–water partition coefficient (Wildman–Crippen LogP) is 3.78. The molecule has 2 N–H and O–H groups in total. The van der Waals surface area contributed by atoms with Gasteiger partial charge < -0.3 is 19.9 Å². The van der Waals surface area contributed by atoms with E-state index in [2.05, 4.69) is 25.1 Å². The lowest BCUT2D eigenvalue weighted by molar-refractivity contribution is 0.292. The second kappa shape index (κ2) is 9.18. The third kappa shape index (κ3) is 4.42. The molecule has 0 aromatic heterocycles. The quantitative estimate of drug-likeness (QED) is 0.761. The van der Waals surface area contributed by atoms with Crippen LogP contribution in [-0.4, -0.2) is 27.4 Å². The summed E-state index contributed by atoms with van der Waals surface area (Å²) in [7, 11) is 3.35. The van der Waals surface area contributed by atoms with Gasteiger partial charge in [-0.15, -0.1) is 0 Å². The van der Waals surface area contributed by atoms with E-state index in [-0.39, 0.29) is 5.92 Å². The van der Waals surface area contributed by atoms with Crippen LogP contribution in [0.5, 0.6) is 17.2 Å². The number of methoxy groups -OCH3 is 2. The number of ether oxygens (including phenoxy) is 3. The number of para-hydroxylation sites is 1. The summed E-state index contributed by atoms with van der Waals surface area (Å²) < 4.78 is 16.6. The molecule has 0 radical (unpaired) electrons. The summed E-state index contributed by atoms with van der Waals surface area (Å²) >= 11 is 0. The van der Waals surface area contributed by atoms with Crippen molar-refractivity contribution in [2.75, 3.05) is 27.4 Å². The molecule has 2 aromatic carbocycles. The van der Waals surface area contributed by atoms with Crippen LogP contribution in [0.15, 0.2) is 42.5 Å². The Morgan fingerprint density at radius 3 is 2.33 bits per heavy atom. The molecule has 0 fully saturated rings.